The van der Waals surface area contributed by atoms with Crippen LogP contribution in [0.15, 0.2) is 23.1 Å². The number of carbonyl (C=O) groups is 2. The van der Waals surface area contributed by atoms with E-state index in [2.05, 4.69) is 5.32 Å². The molecule has 3 aliphatic heterocycles. The Morgan fingerprint density at radius 1 is 1.22 bits per heavy atom. The predicted octanol–water partition coefficient (Wildman–Crippen LogP) is 2.21. The van der Waals surface area contributed by atoms with Crippen molar-refractivity contribution in [2.24, 2.45) is 0 Å². The van der Waals surface area contributed by atoms with E-state index in [0.29, 0.717) is 25.0 Å². The molecule has 2 N–H and O–H groups in total. The molecule has 9 nitrogen and oxygen atoms in total. The van der Waals surface area contributed by atoms with Crippen LogP contribution < -0.4 is 10.7 Å². The molecule has 3 aliphatic rings. The van der Waals surface area contributed by atoms with Gasteiger partial charge in [-0.15, -0.1) is 0 Å². The van der Waals surface area contributed by atoms with Gasteiger partial charge in [-0.05, 0) is 26.7 Å². The van der Waals surface area contributed by atoms with Crippen molar-refractivity contribution in [3.8, 4) is 5.75 Å². The number of rotatable bonds is 3. The maximum atomic E-state index is 14.0. The number of benzene rings is 1. The lowest BCUT2D eigenvalue weighted by molar-refractivity contribution is -0.0988. The van der Waals surface area contributed by atoms with Gasteiger partial charge in [0.2, 0.25) is 5.43 Å². The minimum atomic E-state index is -1.20. The molecule has 0 radical (unpaired) electrons. The van der Waals surface area contributed by atoms with Crippen LogP contribution in [0.25, 0.3) is 0 Å². The Balaban J connectivity index is 1.55. The van der Waals surface area contributed by atoms with Gasteiger partial charge in [-0.2, -0.15) is 0 Å². The molecule has 2 fully saturated rings. The first-order chi connectivity index (χ1) is 17.0. The Hall–Kier alpha value is -3.38. The highest BCUT2D eigenvalue weighted by molar-refractivity contribution is 5.99. The van der Waals surface area contributed by atoms with Gasteiger partial charge >= 0.3 is 0 Å². The normalized spacial score (nSPS) is 27.2. The van der Waals surface area contributed by atoms with Gasteiger partial charge in [0.1, 0.15) is 28.6 Å². The number of hydrogen-bond donors (Lipinski definition) is 2. The molecule has 36 heavy (non-hydrogen) atoms. The van der Waals surface area contributed by atoms with Crippen LogP contribution in [0.1, 0.15) is 59.1 Å². The summed E-state index contributed by atoms with van der Waals surface area (Å²) in [7, 11) is 0. The van der Waals surface area contributed by atoms with Gasteiger partial charge in [0.05, 0.1) is 12.6 Å². The van der Waals surface area contributed by atoms with Crippen molar-refractivity contribution >= 4 is 11.8 Å². The summed E-state index contributed by atoms with van der Waals surface area (Å²) >= 11 is 0. The second kappa shape index (κ2) is 8.63. The number of halogens is 3. The first-order valence-corrected chi connectivity index (χ1v) is 11.5. The largest absolute Gasteiger partial charge is 0.503 e. The third-order valence-corrected chi connectivity index (χ3v) is 7.24. The molecule has 1 aromatic heterocycles. The van der Waals surface area contributed by atoms with Crippen molar-refractivity contribution in [2.75, 3.05) is 13.2 Å². The van der Waals surface area contributed by atoms with E-state index in [1.165, 1.54) is 4.57 Å². The fourth-order valence-corrected chi connectivity index (χ4v) is 5.28. The summed E-state index contributed by atoms with van der Waals surface area (Å²) in [5.74, 6) is -6.01. The van der Waals surface area contributed by atoms with Crippen LogP contribution in [0.5, 0.6) is 5.75 Å². The van der Waals surface area contributed by atoms with Gasteiger partial charge in [-0.3, -0.25) is 14.4 Å². The molecule has 192 valence electrons. The standard InChI is InChI=1S/C24H24F3N3O6/c1-11-3-4-24(10-35-12(2)36-24)18-9-29(11)23(34)19-21(32)20(31)15(8-30(18)19)22(33)28-7-14-16(26)5-13(25)6-17(14)27/h5-6,8,11-12,18,32H,3-4,7,9-10H2,1-2H3,(H,28,33)/t11-,12+,18+,24-/m0/s1. The van der Waals surface area contributed by atoms with E-state index in [9.17, 15) is 32.7 Å². The number of amides is 2. The number of hydrogen-bond acceptors (Lipinski definition) is 6. The molecule has 2 bridgehead atoms. The molecule has 2 aromatic rings. The number of nitrogens with zero attached hydrogens (tertiary/aromatic N) is 2. The number of carbonyl (C=O) groups excluding carboxylic acids is 2. The van der Waals surface area contributed by atoms with E-state index in [0.717, 1.165) is 6.20 Å². The molecule has 2 amide bonds. The SMILES string of the molecule is C[C@@H]1OC[C@]2(CC[C@H](C)N3C[C@H]2n2cc(C(=O)NCc4c(F)cc(F)cc4F)c(=O)c(O)c2C3=O)O1. The third kappa shape index (κ3) is 3.75. The summed E-state index contributed by atoms with van der Waals surface area (Å²) in [5.41, 5.74) is -3.36. The zero-order valence-corrected chi connectivity index (χ0v) is 19.5. The maximum absolute atomic E-state index is 14.0. The lowest BCUT2D eigenvalue weighted by Gasteiger charge is -2.42. The molecule has 2 saturated heterocycles. The van der Waals surface area contributed by atoms with Gasteiger partial charge < -0.3 is 29.4 Å². The molecule has 4 atom stereocenters. The number of fused-ring (bicyclic) bond motifs is 5. The highest BCUT2D eigenvalue weighted by Gasteiger charge is 2.54. The van der Waals surface area contributed by atoms with E-state index >= 15 is 0 Å². The number of pyridine rings is 1. The molecule has 0 aliphatic carbocycles. The van der Waals surface area contributed by atoms with Crippen LogP contribution >= 0.6 is 0 Å². The van der Waals surface area contributed by atoms with Crippen molar-refractivity contribution in [1.29, 1.82) is 0 Å². The van der Waals surface area contributed by atoms with Crippen LogP contribution in [-0.4, -0.2) is 57.5 Å². The van der Waals surface area contributed by atoms with Gasteiger partial charge in [-0.1, -0.05) is 0 Å². The molecule has 1 spiro atoms. The monoisotopic (exact) mass is 507 g/mol. The smallest absolute Gasteiger partial charge is 0.274 e. The fourth-order valence-electron chi connectivity index (χ4n) is 5.28. The zero-order valence-electron chi connectivity index (χ0n) is 19.5. The van der Waals surface area contributed by atoms with Crippen LogP contribution in [0.3, 0.4) is 0 Å². The van der Waals surface area contributed by atoms with Crippen molar-refractivity contribution in [2.45, 2.75) is 57.2 Å². The first-order valence-electron chi connectivity index (χ1n) is 11.5. The number of ether oxygens (including phenoxy) is 2. The van der Waals surface area contributed by atoms with Gasteiger partial charge in [0, 0.05) is 43.0 Å². The summed E-state index contributed by atoms with van der Waals surface area (Å²) in [4.78, 5) is 40.6. The highest BCUT2D eigenvalue weighted by Crippen LogP contribution is 2.45. The molecular formula is C24H24F3N3O6. The Labute approximate surface area is 203 Å². The van der Waals surface area contributed by atoms with Gasteiger partial charge in [0.25, 0.3) is 11.8 Å². The molecule has 0 saturated carbocycles. The Bertz CT molecular complexity index is 1310. The van der Waals surface area contributed by atoms with Crippen molar-refractivity contribution < 1.29 is 37.3 Å². The van der Waals surface area contributed by atoms with E-state index in [4.69, 9.17) is 9.47 Å². The topological polar surface area (TPSA) is 110 Å². The molecule has 4 heterocycles. The van der Waals surface area contributed by atoms with E-state index in [-0.39, 0.29) is 24.9 Å². The van der Waals surface area contributed by atoms with Crippen LogP contribution in [-0.2, 0) is 16.0 Å². The minimum Gasteiger partial charge on any atom is -0.503 e. The van der Waals surface area contributed by atoms with Crippen molar-refractivity contribution in [3.63, 3.8) is 0 Å². The lowest BCUT2D eigenvalue weighted by Crippen LogP contribution is -2.53. The van der Waals surface area contributed by atoms with Gasteiger partial charge in [0.15, 0.2) is 17.7 Å². The van der Waals surface area contributed by atoms with Crippen LogP contribution in [0.2, 0.25) is 0 Å². The summed E-state index contributed by atoms with van der Waals surface area (Å²) < 4.78 is 54.4. The number of nitrogens with one attached hydrogen (secondary N) is 1. The Kier molecular flexibility index (Phi) is 5.83. The Morgan fingerprint density at radius 3 is 2.56 bits per heavy atom. The van der Waals surface area contributed by atoms with Crippen LogP contribution in [0, 0.1) is 17.5 Å². The molecule has 12 heteroatoms. The predicted molar refractivity (Wildman–Crippen MR) is 118 cm³/mol. The number of aromatic nitrogens is 1. The molecule has 0 unspecified atom stereocenters. The third-order valence-electron chi connectivity index (χ3n) is 7.24. The van der Waals surface area contributed by atoms with E-state index < -0.39 is 76.0 Å². The van der Waals surface area contributed by atoms with E-state index in [1.54, 1.807) is 11.8 Å². The van der Waals surface area contributed by atoms with E-state index in [1.807, 2.05) is 6.92 Å². The lowest BCUT2D eigenvalue weighted by atomic mass is 9.89. The van der Waals surface area contributed by atoms with Crippen LogP contribution in [0.4, 0.5) is 13.2 Å². The quantitative estimate of drug-likeness (QED) is 0.660. The maximum Gasteiger partial charge on any atom is 0.274 e. The minimum absolute atomic E-state index is 0.189. The second-order valence-corrected chi connectivity index (χ2v) is 9.43. The second-order valence-electron chi connectivity index (χ2n) is 9.43. The highest BCUT2D eigenvalue weighted by atomic mass is 19.1. The Morgan fingerprint density at radius 2 is 1.92 bits per heavy atom. The molecular weight excluding hydrogens is 483 g/mol. The summed E-state index contributed by atoms with van der Waals surface area (Å²) in [5, 5.41) is 13.0. The average Bonchev–Trinajstić information content (AvgIpc) is 3.14. The summed E-state index contributed by atoms with van der Waals surface area (Å²) in [6.45, 7) is 3.35. The first kappa shape index (κ1) is 24.3. The number of aromatic hydroxyl groups is 1. The fraction of sp³-hybridized carbons (Fsp3) is 0.458. The summed E-state index contributed by atoms with van der Waals surface area (Å²) in [6, 6.07) is 0.174. The zero-order chi connectivity index (χ0) is 25.9. The molecule has 1 aromatic carbocycles. The average molecular weight is 507 g/mol. The summed E-state index contributed by atoms with van der Waals surface area (Å²) in [6.07, 6.45) is 1.78. The molecule has 5 rings (SSSR count). The van der Waals surface area contributed by atoms with Crippen molar-refractivity contribution in [3.05, 3.63) is 62.8 Å². The van der Waals surface area contributed by atoms with Crippen molar-refractivity contribution in [1.82, 2.24) is 14.8 Å². The van der Waals surface area contributed by atoms with Gasteiger partial charge in [-0.25, -0.2) is 13.2 Å².